The highest BCUT2D eigenvalue weighted by atomic mass is 16.5. The van der Waals surface area contributed by atoms with E-state index in [0.29, 0.717) is 6.54 Å². The second-order valence-electron chi connectivity index (χ2n) is 4.84. The summed E-state index contributed by atoms with van der Waals surface area (Å²) >= 11 is 0. The predicted molar refractivity (Wildman–Crippen MR) is 63.2 cm³/mol. The highest BCUT2D eigenvalue weighted by Gasteiger charge is 2.32. The number of nitrogens with two attached hydrogens (primary N) is 1. The van der Waals surface area contributed by atoms with Gasteiger partial charge in [-0.05, 0) is 33.5 Å². The maximum atomic E-state index is 11.5. The van der Waals surface area contributed by atoms with Gasteiger partial charge >= 0.3 is 5.97 Å². The summed E-state index contributed by atoms with van der Waals surface area (Å²) < 4.78 is 4.71. The number of methoxy groups -OCH3 is 1. The molecule has 0 amide bonds. The lowest BCUT2D eigenvalue weighted by Crippen LogP contribution is -2.54. The van der Waals surface area contributed by atoms with Crippen LogP contribution in [0.3, 0.4) is 0 Å². The largest absolute Gasteiger partial charge is 0.468 e. The van der Waals surface area contributed by atoms with E-state index in [1.54, 1.807) is 6.92 Å². The molecule has 94 valence electrons. The number of hydrogen-bond acceptors (Lipinski definition) is 5. The maximum Gasteiger partial charge on any atom is 0.326 e. The molecule has 5 heteroatoms. The molecule has 0 aromatic carbocycles. The predicted octanol–water partition coefficient (Wildman–Crippen LogP) is -0.486. The Kier molecular flexibility index (Phi) is 4.70. The van der Waals surface area contributed by atoms with E-state index in [1.807, 2.05) is 0 Å². The van der Waals surface area contributed by atoms with E-state index < -0.39 is 5.54 Å². The molecule has 1 aliphatic rings. The highest BCUT2D eigenvalue weighted by molar-refractivity contribution is 5.80. The van der Waals surface area contributed by atoms with Crippen molar-refractivity contribution in [3.63, 3.8) is 0 Å². The van der Waals surface area contributed by atoms with Crippen LogP contribution in [0.5, 0.6) is 0 Å². The Morgan fingerprint density at radius 1 is 1.38 bits per heavy atom. The van der Waals surface area contributed by atoms with Crippen molar-refractivity contribution in [1.82, 2.24) is 9.80 Å². The average Bonchev–Trinajstić information content (AvgIpc) is 2.42. The first-order valence-electron chi connectivity index (χ1n) is 5.74. The lowest BCUT2D eigenvalue weighted by molar-refractivity contribution is -0.147. The van der Waals surface area contributed by atoms with Crippen LogP contribution in [0.1, 0.15) is 13.3 Å². The number of nitrogens with zero attached hydrogens (tertiary/aromatic N) is 2. The molecule has 1 saturated heterocycles. The topological polar surface area (TPSA) is 58.8 Å². The SMILES string of the molecule is COC(=O)C(C)(N)CN1CCCN(C)CC1. The molecule has 16 heavy (non-hydrogen) atoms. The van der Waals surface area contributed by atoms with Gasteiger partial charge < -0.3 is 15.4 Å². The number of hydrogen-bond donors (Lipinski definition) is 1. The summed E-state index contributed by atoms with van der Waals surface area (Å²) in [5.74, 6) is -0.342. The van der Waals surface area contributed by atoms with Crippen molar-refractivity contribution < 1.29 is 9.53 Å². The molecule has 0 aliphatic carbocycles. The van der Waals surface area contributed by atoms with Gasteiger partial charge in [-0.1, -0.05) is 0 Å². The molecule has 1 rings (SSSR count). The molecule has 0 radical (unpaired) electrons. The zero-order chi connectivity index (χ0) is 12.2. The minimum Gasteiger partial charge on any atom is -0.468 e. The Balaban J connectivity index is 2.49. The molecular formula is C11H23N3O2. The van der Waals surface area contributed by atoms with Crippen LogP contribution < -0.4 is 5.73 Å². The van der Waals surface area contributed by atoms with Crippen LogP contribution in [-0.2, 0) is 9.53 Å². The quantitative estimate of drug-likeness (QED) is 0.662. The van der Waals surface area contributed by atoms with Gasteiger partial charge in [0.1, 0.15) is 5.54 Å². The molecule has 0 aromatic heterocycles. The van der Waals surface area contributed by atoms with E-state index in [2.05, 4.69) is 16.8 Å². The number of ether oxygens (including phenoxy) is 1. The molecule has 5 nitrogen and oxygen atoms in total. The summed E-state index contributed by atoms with van der Waals surface area (Å²) in [5.41, 5.74) is 5.05. The van der Waals surface area contributed by atoms with Gasteiger partial charge in [-0.3, -0.25) is 9.69 Å². The van der Waals surface area contributed by atoms with Crippen molar-refractivity contribution in [1.29, 1.82) is 0 Å². The zero-order valence-corrected chi connectivity index (χ0v) is 10.5. The number of likely N-dealkylation sites (N-methyl/N-ethyl adjacent to an activating group) is 1. The lowest BCUT2D eigenvalue weighted by atomic mass is 10.0. The smallest absolute Gasteiger partial charge is 0.326 e. The van der Waals surface area contributed by atoms with Crippen molar-refractivity contribution in [2.75, 3.05) is 46.9 Å². The van der Waals surface area contributed by atoms with Gasteiger partial charge in [-0.2, -0.15) is 0 Å². The van der Waals surface area contributed by atoms with E-state index in [9.17, 15) is 4.79 Å². The molecule has 1 fully saturated rings. The average molecular weight is 229 g/mol. The molecule has 0 bridgehead atoms. The molecule has 1 unspecified atom stereocenters. The van der Waals surface area contributed by atoms with Crippen LogP contribution in [0, 0.1) is 0 Å². The number of carbonyl (C=O) groups is 1. The standard InChI is InChI=1S/C11H23N3O2/c1-11(12,10(15)16-3)9-14-6-4-5-13(2)7-8-14/h4-9,12H2,1-3H3. The van der Waals surface area contributed by atoms with Crippen LogP contribution >= 0.6 is 0 Å². The summed E-state index contributed by atoms with van der Waals surface area (Å²) in [5, 5.41) is 0. The summed E-state index contributed by atoms with van der Waals surface area (Å²) in [4.78, 5) is 16.0. The van der Waals surface area contributed by atoms with Crippen LogP contribution in [0.4, 0.5) is 0 Å². The van der Waals surface area contributed by atoms with E-state index in [1.165, 1.54) is 7.11 Å². The van der Waals surface area contributed by atoms with Crippen LogP contribution in [0.2, 0.25) is 0 Å². The van der Waals surface area contributed by atoms with Crippen LogP contribution in [0.15, 0.2) is 0 Å². The van der Waals surface area contributed by atoms with Crippen molar-refractivity contribution in [3.8, 4) is 0 Å². The first kappa shape index (κ1) is 13.4. The van der Waals surface area contributed by atoms with Gasteiger partial charge in [0.05, 0.1) is 7.11 Å². The summed E-state index contributed by atoms with van der Waals surface area (Å²) in [6, 6.07) is 0. The molecule has 1 atom stereocenters. The van der Waals surface area contributed by atoms with E-state index >= 15 is 0 Å². The van der Waals surface area contributed by atoms with Crippen molar-refractivity contribution >= 4 is 5.97 Å². The van der Waals surface area contributed by atoms with Crippen molar-refractivity contribution in [2.24, 2.45) is 5.73 Å². The lowest BCUT2D eigenvalue weighted by Gasteiger charge is -2.29. The molecule has 1 aliphatic heterocycles. The van der Waals surface area contributed by atoms with Crippen LogP contribution in [-0.4, -0.2) is 68.2 Å². The Labute approximate surface area is 97.5 Å². The first-order chi connectivity index (χ1) is 7.45. The van der Waals surface area contributed by atoms with E-state index in [-0.39, 0.29) is 5.97 Å². The van der Waals surface area contributed by atoms with Gasteiger partial charge in [0, 0.05) is 19.6 Å². The zero-order valence-electron chi connectivity index (χ0n) is 10.5. The fraction of sp³-hybridized carbons (Fsp3) is 0.909. The van der Waals surface area contributed by atoms with Gasteiger partial charge in [0.15, 0.2) is 0 Å². The molecule has 0 aromatic rings. The van der Waals surface area contributed by atoms with Gasteiger partial charge in [-0.25, -0.2) is 0 Å². The van der Waals surface area contributed by atoms with Gasteiger partial charge in [-0.15, -0.1) is 0 Å². The van der Waals surface area contributed by atoms with Crippen LogP contribution in [0.25, 0.3) is 0 Å². The summed E-state index contributed by atoms with van der Waals surface area (Å²) in [7, 11) is 3.50. The minimum atomic E-state index is -0.905. The normalized spacial score (nSPS) is 23.5. The molecular weight excluding hydrogens is 206 g/mol. The van der Waals surface area contributed by atoms with Gasteiger partial charge in [0.2, 0.25) is 0 Å². The summed E-state index contributed by atoms with van der Waals surface area (Å²) in [6.45, 7) is 6.38. The third kappa shape index (κ3) is 3.73. The number of esters is 1. The van der Waals surface area contributed by atoms with E-state index in [0.717, 1.165) is 32.6 Å². The Hall–Kier alpha value is -0.650. The fourth-order valence-electron chi connectivity index (χ4n) is 2.02. The molecule has 0 saturated carbocycles. The molecule has 0 spiro atoms. The van der Waals surface area contributed by atoms with Gasteiger partial charge in [0.25, 0.3) is 0 Å². The summed E-state index contributed by atoms with van der Waals surface area (Å²) in [6.07, 6.45) is 1.12. The molecule has 2 N–H and O–H groups in total. The number of rotatable bonds is 3. The second-order valence-corrected chi connectivity index (χ2v) is 4.84. The van der Waals surface area contributed by atoms with E-state index in [4.69, 9.17) is 10.5 Å². The number of carbonyl (C=O) groups excluding carboxylic acids is 1. The Morgan fingerprint density at radius 2 is 2.06 bits per heavy atom. The highest BCUT2D eigenvalue weighted by Crippen LogP contribution is 2.08. The Morgan fingerprint density at radius 3 is 2.69 bits per heavy atom. The maximum absolute atomic E-state index is 11.5. The Bertz CT molecular complexity index is 243. The molecule has 1 heterocycles. The monoisotopic (exact) mass is 229 g/mol. The first-order valence-corrected chi connectivity index (χ1v) is 5.74. The third-order valence-corrected chi connectivity index (χ3v) is 3.02. The van der Waals surface area contributed by atoms with Crippen molar-refractivity contribution in [2.45, 2.75) is 18.9 Å². The third-order valence-electron chi connectivity index (χ3n) is 3.02. The second kappa shape index (κ2) is 5.61. The fourth-order valence-corrected chi connectivity index (χ4v) is 2.02. The minimum absolute atomic E-state index is 0.342. The van der Waals surface area contributed by atoms with Crippen molar-refractivity contribution in [3.05, 3.63) is 0 Å².